The third-order valence-corrected chi connectivity index (χ3v) is 3.26. The van der Waals surface area contributed by atoms with E-state index in [1.165, 1.54) is 19.9 Å². The molecule has 1 N–H and O–H groups in total. The number of nitrogens with one attached hydrogen (secondary N) is 1. The highest BCUT2D eigenvalue weighted by molar-refractivity contribution is 5.94. The topological polar surface area (TPSA) is 99.3 Å². The van der Waals surface area contributed by atoms with Gasteiger partial charge in [0.15, 0.2) is 5.75 Å². The molecule has 0 fully saturated rings. The maximum atomic E-state index is 13.2. The highest BCUT2D eigenvalue weighted by Gasteiger charge is 2.25. The molecule has 0 bridgehead atoms. The van der Waals surface area contributed by atoms with Gasteiger partial charge in [-0.15, -0.1) is 0 Å². The molecule has 25 heavy (non-hydrogen) atoms. The van der Waals surface area contributed by atoms with Crippen LogP contribution in [0.4, 0.5) is 24.7 Å². The van der Waals surface area contributed by atoms with Gasteiger partial charge in [-0.1, -0.05) is 0 Å². The summed E-state index contributed by atoms with van der Waals surface area (Å²) in [5.74, 6) is -2.49. The zero-order valence-corrected chi connectivity index (χ0v) is 13.1. The van der Waals surface area contributed by atoms with Gasteiger partial charge in [-0.05, 0) is 30.9 Å². The van der Waals surface area contributed by atoms with Gasteiger partial charge >= 0.3 is 12.4 Å². The standard InChI is InChI=1S/C14H13F3N4O4/c1-7-5-12(21(23)24)19-20(7)8(2)13(22)18-10-4-3-9(15)6-11(10)25-14(16)17/h3-6,8,14H,1-2H3,(H,18,22). The summed E-state index contributed by atoms with van der Waals surface area (Å²) in [7, 11) is 0. The zero-order valence-electron chi connectivity index (χ0n) is 13.1. The van der Waals surface area contributed by atoms with Crippen LogP contribution in [0.5, 0.6) is 5.75 Å². The van der Waals surface area contributed by atoms with Gasteiger partial charge in [-0.2, -0.15) is 13.5 Å². The fourth-order valence-electron chi connectivity index (χ4n) is 2.09. The van der Waals surface area contributed by atoms with Crippen molar-refractivity contribution in [1.82, 2.24) is 9.78 Å². The lowest BCUT2D eigenvalue weighted by molar-refractivity contribution is -0.389. The number of hydrogen-bond donors (Lipinski definition) is 1. The highest BCUT2D eigenvalue weighted by Crippen LogP contribution is 2.28. The van der Waals surface area contributed by atoms with Crippen molar-refractivity contribution in [3.05, 3.63) is 45.9 Å². The van der Waals surface area contributed by atoms with Crippen LogP contribution in [0.1, 0.15) is 18.7 Å². The van der Waals surface area contributed by atoms with E-state index in [0.29, 0.717) is 11.8 Å². The van der Waals surface area contributed by atoms with Crippen LogP contribution in [0.2, 0.25) is 0 Å². The molecule has 8 nitrogen and oxygen atoms in total. The number of amides is 1. The third kappa shape index (κ3) is 4.25. The van der Waals surface area contributed by atoms with Crippen LogP contribution in [0.15, 0.2) is 24.3 Å². The third-order valence-electron chi connectivity index (χ3n) is 3.26. The number of carbonyl (C=O) groups excluding carboxylic acids is 1. The predicted octanol–water partition coefficient (Wildman–Crippen LogP) is 3.04. The van der Waals surface area contributed by atoms with Crippen molar-refractivity contribution < 1.29 is 27.6 Å². The summed E-state index contributed by atoms with van der Waals surface area (Å²) in [4.78, 5) is 22.3. The summed E-state index contributed by atoms with van der Waals surface area (Å²) >= 11 is 0. The number of ether oxygens (including phenoxy) is 1. The van der Waals surface area contributed by atoms with Crippen molar-refractivity contribution >= 4 is 17.4 Å². The molecule has 1 amide bonds. The van der Waals surface area contributed by atoms with Crippen molar-refractivity contribution in [3.8, 4) is 5.75 Å². The van der Waals surface area contributed by atoms with Gasteiger partial charge in [0.25, 0.3) is 5.91 Å². The monoisotopic (exact) mass is 358 g/mol. The molecule has 0 aliphatic rings. The summed E-state index contributed by atoms with van der Waals surface area (Å²) in [5.41, 5.74) is 0.190. The minimum absolute atomic E-state index is 0.169. The number of nitrogens with zero attached hydrogens (tertiary/aromatic N) is 3. The molecular formula is C14H13F3N4O4. The molecule has 1 aromatic heterocycles. The van der Waals surface area contributed by atoms with Crippen molar-refractivity contribution in [2.75, 3.05) is 5.32 Å². The average molecular weight is 358 g/mol. The largest absolute Gasteiger partial charge is 0.432 e. The van der Waals surface area contributed by atoms with Crippen molar-refractivity contribution in [3.63, 3.8) is 0 Å². The minimum Gasteiger partial charge on any atom is -0.432 e. The number of rotatable bonds is 6. The first-order valence-corrected chi connectivity index (χ1v) is 6.94. The van der Waals surface area contributed by atoms with Gasteiger partial charge in [0.2, 0.25) is 0 Å². The molecule has 11 heteroatoms. The van der Waals surface area contributed by atoms with Gasteiger partial charge in [0.05, 0.1) is 22.5 Å². The second kappa shape index (κ2) is 7.20. The molecule has 2 rings (SSSR count). The van der Waals surface area contributed by atoms with E-state index in [4.69, 9.17) is 0 Å². The van der Waals surface area contributed by atoms with Crippen LogP contribution in [0.25, 0.3) is 0 Å². The molecule has 1 unspecified atom stereocenters. The lowest BCUT2D eigenvalue weighted by atomic mass is 10.2. The summed E-state index contributed by atoms with van der Waals surface area (Å²) in [6, 6.07) is 2.93. The molecule has 1 heterocycles. The number of aryl methyl sites for hydroxylation is 1. The lowest BCUT2D eigenvalue weighted by Crippen LogP contribution is -2.25. The van der Waals surface area contributed by atoms with Crippen LogP contribution in [-0.4, -0.2) is 27.2 Å². The van der Waals surface area contributed by atoms with Crippen LogP contribution in [0.3, 0.4) is 0 Å². The number of halogens is 3. The van der Waals surface area contributed by atoms with E-state index >= 15 is 0 Å². The highest BCUT2D eigenvalue weighted by atomic mass is 19.3. The number of nitro groups is 1. The first kappa shape index (κ1) is 18.2. The Morgan fingerprint density at radius 1 is 1.40 bits per heavy atom. The van der Waals surface area contributed by atoms with Crippen molar-refractivity contribution in [2.45, 2.75) is 26.5 Å². The Balaban J connectivity index is 2.23. The summed E-state index contributed by atoms with van der Waals surface area (Å²) < 4.78 is 43.2. The number of aromatic nitrogens is 2. The molecule has 0 aliphatic heterocycles. The van der Waals surface area contributed by atoms with Gasteiger partial charge in [-0.25, -0.2) is 4.39 Å². The minimum atomic E-state index is -3.20. The number of anilines is 1. The van der Waals surface area contributed by atoms with E-state index in [0.717, 1.165) is 16.8 Å². The summed E-state index contributed by atoms with van der Waals surface area (Å²) in [6.07, 6.45) is 0. The number of alkyl halides is 2. The lowest BCUT2D eigenvalue weighted by Gasteiger charge is -2.14. The van der Waals surface area contributed by atoms with Gasteiger partial charge in [-0.3, -0.25) is 4.79 Å². The number of hydrogen-bond acceptors (Lipinski definition) is 5. The van der Waals surface area contributed by atoms with E-state index in [2.05, 4.69) is 15.2 Å². The Hall–Kier alpha value is -3.11. The Morgan fingerprint density at radius 3 is 2.64 bits per heavy atom. The number of benzene rings is 1. The Bertz CT molecular complexity index is 809. The van der Waals surface area contributed by atoms with Crippen LogP contribution in [-0.2, 0) is 4.79 Å². The Kier molecular flexibility index (Phi) is 5.25. The van der Waals surface area contributed by atoms with Crippen LogP contribution < -0.4 is 10.1 Å². The smallest absolute Gasteiger partial charge is 0.390 e. The van der Waals surface area contributed by atoms with Gasteiger partial charge < -0.3 is 20.2 Å². The predicted molar refractivity (Wildman–Crippen MR) is 80.0 cm³/mol. The zero-order chi connectivity index (χ0) is 18.7. The molecule has 0 saturated heterocycles. The molecule has 1 aromatic carbocycles. The Morgan fingerprint density at radius 2 is 2.08 bits per heavy atom. The fourth-order valence-corrected chi connectivity index (χ4v) is 2.09. The fraction of sp³-hybridized carbons (Fsp3) is 0.286. The normalized spacial score (nSPS) is 12.1. The average Bonchev–Trinajstić information content (AvgIpc) is 2.90. The first-order chi connectivity index (χ1) is 11.7. The summed E-state index contributed by atoms with van der Waals surface area (Å²) in [6.45, 7) is -0.269. The molecular weight excluding hydrogens is 345 g/mol. The second-order valence-electron chi connectivity index (χ2n) is 5.03. The Labute approximate surface area is 139 Å². The molecule has 0 saturated carbocycles. The first-order valence-electron chi connectivity index (χ1n) is 6.94. The number of carbonyl (C=O) groups is 1. The van der Waals surface area contributed by atoms with Crippen molar-refractivity contribution in [1.29, 1.82) is 0 Å². The van der Waals surface area contributed by atoms with Crippen molar-refractivity contribution in [2.24, 2.45) is 0 Å². The van der Waals surface area contributed by atoms with E-state index in [-0.39, 0.29) is 5.69 Å². The molecule has 134 valence electrons. The van der Waals surface area contributed by atoms with Crippen LogP contribution >= 0.6 is 0 Å². The van der Waals surface area contributed by atoms with E-state index < -0.39 is 40.9 Å². The van der Waals surface area contributed by atoms with E-state index in [1.54, 1.807) is 0 Å². The maximum absolute atomic E-state index is 13.2. The molecule has 2 aromatic rings. The molecule has 0 radical (unpaired) electrons. The van der Waals surface area contributed by atoms with Gasteiger partial charge in [0.1, 0.15) is 11.9 Å². The molecule has 0 aliphatic carbocycles. The quantitative estimate of drug-likeness (QED) is 0.632. The molecule has 1 atom stereocenters. The SMILES string of the molecule is Cc1cc([N+](=O)[O-])nn1C(C)C(=O)Nc1ccc(F)cc1OC(F)F. The van der Waals surface area contributed by atoms with E-state index in [1.807, 2.05) is 0 Å². The maximum Gasteiger partial charge on any atom is 0.390 e. The molecule has 0 spiro atoms. The summed E-state index contributed by atoms with van der Waals surface area (Å²) in [5, 5.41) is 16.8. The van der Waals surface area contributed by atoms with Crippen LogP contribution in [0, 0.1) is 22.9 Å². The van der Waals surface area contributed by atoms with Gasteiger partial charge in [0, 0.05) is 6.07 Å². The second-order valence-corrected chi connectivity index (χ2v) is 5.03. The van der Waals surface area contributed by atoms with E-state index in [9.17, 15) is 28.1 Å².